The zero-order chi connectivity index (χ0) is 14.2. The molecule has 0 fully saturated rings. The molecule has 0 spiro atoms. The second-order valence-electron chi connectivity index (χ2n) is 4.84. The number of aliphatic carboxylic acids is 1. The van der Waals surface area contributed by atoms with Gasteiger partial charge < -0.3 is 19.9 Å². The smallest absolute Gasteiger partial charge is 0.326 e. The van der Waals surface area contributed by atoms with Crippen molar-refractivity contribution in [1.29, 1.82) is 0 Å². The summed E-state index contributed by atoms with van der Waals surface area (Å²) in [7, 11) is 0. The molecular weight excluding hydrogens is 238 g/mol. The molecular formula is C12H23NO5. The van der Waals surface area contributed by atoms with Gasteiger partial charge in [0.1, 0.15) is 12.6 Å². The number of nitrogens with one attached hydrogen (secondary N) is 1. The van der Waals surface area contributed by atoms with Crippen molar-refractivity contribution in [3.8, 4) is 0 Å². The molecule has 0 aliphatic carbocycles. The van der Waals surface area contributed by atoms with Gasteiger partial charge in [-0.3, -0.25) is 4.79 Å². The number of carbonyl (C=O) groups excluding carboxylic acids is 1. The fourth-order valence-electron chi connectivity index (χ4n) is 1.17. The summed E-state index contributed by atoms with van der Waals surface area (Å²) in [6, 6.07) is -0.944. The fourth-order valence-corrected chi connectivity index (χ4v) is 1.17. The maximum atomic E-state index is 11.3. The van der Waals surface area contributed by atoms with Crippen LogP contribution in [-0.4, -0.2) is 48.4 Å². The molecule has 0 aliphatic rings. The van der Waals surface area contributed by atoms with Crippen LogP contribution in [0.15, 0.2) is 0 Å². The highest BCUT2D eigenvalue weighted by Crippen LogP contribution is 2.08. The molecule has 0 rings (SSSR count). The molecule has 6 heteroatoms. The third-order valence-electron chi connectivity index (χ3n) is 2.01. The van der Waals surface area contributed by atoms with Gasteiger partial charge in [0.05, 0.1) is 5.60 Å². The standard InChI is InChI=1S/C12H23NO5/c1-5-17-8-10(14)13-9(11(15)16)6-7-18-12(2,3)4/h9H,5-8H2,1-4H3,(H,13,14)(H,15,16). The van der Waals surface area contributed by atoms with Gasteiger partial charge in [-0.15, -0.1) is 0 Å². The fraction of sp³-hybridized carbons (Fsp3) is 0.833. The van der Waals surface area contributed by atoms with Crippen LogP contribution in [0, 0.1) is 0 Å². The molecule has 0 saturated carbocycles. The molecule has 0 aliphatic heterocycles. The van der Waals surface area contributed by atoms with Gasteiger partial charge in [0, 0.05) is 19.6 Å². The highest BCUT2D eigenvalue weighted by molar-refractivity contribution is 5.84. The number of carbonyl (C=O) groups is 2. The van der Waals surface area contributed by atoms with E-state index in [4.69, 9.17) is 14.6 Å². The van der Waals surface area contributed by atoms with Crippen LogP contribution < -0.4 is 5.32 Å². The van der Waals surface area contributed by atoms with E-state index in [1.807, 2.05) is 20.8 Å². The van der Waals surface area contributed by atoms with E-state index in [0.29, 0.717) is 6.61 Å². The second kappa shape index (κ2) is 8.05. The third-order valence-corrected chi connectivity index (χ3v) is 2.01. The van der Waals surface area contributed by atoms with Crippen LogP contribution in [-0.2, 0) is 19.1 Å². The normalized spacial score (nSPS) is 13.1. The Bertz CT molecular complexity index is 272. The van der Waals surface area contributed by atoms with E-state index < -0.39 is 17.9 Å². The van der Waals surface area contributed by atoms with Crippen LogP contribution in [0.1, 0.15) is 34.1 Å². The van der Waals surface area contributed by atoms with Gasteiger partial charge in [-0.1, -0.05) is 0 Å². The molecule has 6 nitrogen and oxygen atoms in total. The van der Waals surface area contributed by atoms with Crippen molar-refractivity contribution >= 4 is 11.9 Å². The number of hydrogen-bond acceptors (Lipinski definition) is 4. The Kier molecular flexibility index (Phi) is 7.54. The molecule has 1 unspecified atom stereocenters. The Balaban J connectivity index is 4.08. The van der Waals surface area contributed by atoms with Gasteiger partial charge in [0.2, 0.25) is 5.91 Å². The molecule has 0 radical (unpaired) electrons. The lowest BCUT2D eigenvalue weighted by Crippen LogP contribution is -2.43. The highest BCUT2D eigenvalue weighted by Gasteiger charge is 2.21. The van der Waals surface area contributed by atoms with Crippen molar-refractivity contribution in [3.05, 3.63) is 0 Å². The topological polar surface area (TPSA) is 84.9 Å². The quantitative estimate of drug-likeness (QED) is 0.675. The summed E-state index contributed by atoms with van der Waals surface area (Å²) in [6.07, 6.45) is 0.227. The Morgan fingerprint density at radius 3 is 2.39 bits per heavy atom. The van der Waals surface area contributed by atoms with Crippen LogP contribution >= 0.6 is 0 Å². The molecule has 2 N–H and O–H groups in total. The molecule has 0 bridgehead atoms. The Morgan fingerprint density at radius 1 is 1.33 bits per heavy atom. The maximum Gasteiger partial charge on any atom is 0.326 e. The maximum absolute atomic E-state index is 11.3. The lowest BCUT2D eigenvalue weighted by atomic mass is 10.2. The SMILES string of the molecule is CCOCC(=O)NC(CCOC(C)(C)C)C(=O)O. The largest absolute Gasteiger partial charge is 0.480 e. The number of amides is 1. The Labute approximate surface area is 108 Å². The summed E-state index contributed by atoms with van der Waals surface area (Å²) in [6.45, 7) is 7.98. The summed E-state index contributed by atoms with van der Waals surface area (Å²) in [5.74, 6) is -1.50. The minimum absolute atomic E-state index is 0.125. The summed E-state index contributed by atoms with van der Waals surface area (Å²) >= 11 is 0. The van der Waals surface area contributed by atoms with Crippen molar-refractivity contribution in [2.45, 2.75) is 45.8 Å². The average Bonchev–Trinajstić information content (AvgIpc) is 2.23. The van der Waals surface area contributed by atoms with Gasteiger partial charge in [-0.25, -0.2) is 4.79 Å². The first-order valence-electron chi connectivity index (χ1n) is 6.00. The molecule has 1 amide bonds. The first kappa shape index (κ1) is 16.9. The molecule has 0 aromatic heterocycles. The van der Waals surface area contributed by atoms with Crippen LogP contribution in [0.2, 0.25) is 0 Å². The van der Waals surface area contributed by atoms with Crippen LogP contribution in [0.5, 0.6) is 0 Å². The van der Waals surface area contributed by atoms with E-state index >= 15 is 0 Å². The van der Waals surface area contributed by atoms with E-state index in [0.717, 1.165) is 0 Å². The monoisotopic (exact) mass is 261 g/mol. The average molecular weight is 261 g/mol. The number of rotatable bonds is 8. The van der Waals surface area contributed by atoms with Crippen molar-refractivity contribution in [2.75, 3.05) is 19.8 Å². The van der Waals surface area contributed by atoms with Crippen molar-refractivity contribution in [1.82, 2.24) is 5.32 Å². The molecule has 106 valence electrons. The van der Waals surface area contributed by atoms with Crippen molar-refractivity contribution in [3.63, 3.8) is 0 Å². The summed E-state index contributed by atoms with van der Waals surface area (Å²) in [4.78, 5) is 22.3. The second-order valence-corrected chi connectivity index (χ2v) is 4.84. The molecule has 18 heavy (non-hydrogen) atoms. The molecule has 0 saturated heterocycles. The van der Waals surface area contributed by atoms with E-state index in [2.05, 4.69) is 5.32 Å². The first-order valence-corrected chi connectivity index (χ1v) is 6.00. The first-order chi connectivity index (χ1) is 8.26. The van der Waals surface area contributed by atoms with Gasteiger partial charge in [-0.2, -0.15) is 0 Å². The lowest BCUT2D eigenvalue weighted by Gasteiger charge is -2.21. The zero-order valence-corrected chi connectivity index (χ0v) is 11.5. The van der Waals surface area contributed by atoms with E-state index in [-0.39, 0.29) is 25.2 Å². The van der Waals surface area contributed by atoms with Gasteiger partial charge in [0.15, 0.2) is 0 Å². The van der Waals surface area contributed by atoms with Gasteiger partial charge in [-0.05, 0) is 27.7 Å². The van der Waals surface area contributed by atoms with Crippen LogP contribution in [0.25, 0.3) is 0 Å². The molecule has 0 aromatic rings. The van der Waals surface area contributed by atoms with E-state index in [9.17, 15) is 9.59 Å². The Morgan fingerprint density at radius 2 is 1.94 bits per heavy atom. The predicted molar refractivity (Wildman–Crippen MR) is 66.4 cm³/mol. The highest BCUT2D eigenvalue weighted by atomic mass is 16.5. The van der Waals surface area contributed by atoms with E-state index in [1.54, 1.807) is 6.92 Å². The molecule has 1 atom stereocenters. The van der Waals surface area contributed by atoms with Crippen molar-refractivity contribution < 1.29 is 24.2 Å². The third kappa shape index (κ3) is 8.95. The van der Waals surface area contributed by atoms with Gasteiger partial charge in [0.25, 0.3) is 0 Å². The zero-order valence-electron chi connectivity index (χ0n) is 11.5. The number of ether oxygens (including phenoxy) is 2. The number of carboxylic acids is 1. The van der Waals surface area contributed by atoms with Crippen LogP contribution in [0.4, 0.5) is 0 Å². The summed E-state index contributed by atoms with van der Waals surface area (Å²) in [5, 5.41) is 11.4. The van der Waals surface area contributed by atoms with E-state index in [1.165, 1.54) is 0 Å². The van der Waals surface area contributed by atoms with Crippen molar-refractivity contribution in [2.24, 2.45) is 0 Å². The minimum Gasteiger partial charge on any atom is -0.480 e. The minimum atomic E-state index is -1.07. The summed E-state index contributed by atoms with van der Waals surface area (Å²) < 4.78 is 10.3. The number of hydrogen-bond donors (Lipinski definition) is 2. The molecule has 0 heterocycles. The van der Waals surface area contributed by atoms with Crippen LogP contribution in [0.3, 0.4) is 0 Å². The summed E-state index contributed by atoms with van der Waals surface area (Å²) in [5.41, 5.74) is -0.321. The lowest BCUT2D eigenvalue weighted by molar-refractivity contribution is -0.143. The predicted octanol–water partition coefficient (Wildman–Crippen LogP) is 0.798. The van der Waals surface area contributed by atoms with Gasteiger partial charge >= 0.3 is 5.97 Å². The number of carboxylic acid groups (broad SMARTS) is 1. The Hall–Kier alpha value is -1.14. The molecule has 0 aromatic carbocycles.